The molecule has 1 saturated carbocycles. The molecule has 0 bridgehead atoms. The number of benzene rings is 2. The van der Waals surface area contributed by atoms with E-state index < -0.39 is 5.60 Å². The number of amides is 1. The predicted octanol–water partition coefficient (Wildman–Crippen LogP) is 3.46. The van der Waals surface area contributed by atoms with Crippen molar-refractivity contribution in [3.63, 3.8) is 0 Å². The van der Waals surface area contributed by atoms with Crippen LogP contribution < -0.4 is 9.47 Å². The van der Waals surface area contributed by atoms with E-state index in [2.05, 4.69) is 0 Å². The Labute approximate surface area is 170 Å². The predicted molar refractivity (Wildman–Crippen MR) is 107 cm³/mol. The highest BCUT2D eigenvalue weighted by Gasteiger charge is 2.47. The highest BCUT2D eigenvalue weighted by atomic mass is 19.1. The van der Waals surface area contributed by atoms with Gasteiger partial charge in [0.15, 0.2) is 0 Å². The minimum absolute atomic E-state index is 0.0384. The molecule has 154 valence electrons. The van der Waals surface area contributed by atoms with Gasteiger partial charge in [-0.3, -0.25) is 4.79 Å². The lowest BCUT2D eigenvalue weighted by Gasteiger charge is -2.39. The van der Waals surface area contributed by atoms with E-state index in [9.17, 15) is 14.3 Å². The fourth-order valence-electron chi connectivity index (χ4n) is 4.24. The zero-order chi connectivity index (χ0) is 20.6. The Hall–Kier alpha value is -2.60. The molecule has 0 radical (unpaired) electrons. The summed E-state index contributed by atoms with van der Waals surface area (Å²) in [6, 6.07) is 11.8. The fourth-order valence-corrected chi connectivity index (χ4v) is 4.24. The summed E-state index contributed by atoms with van der Waals surface area (Å²) in [5.74, 6) is 1.26. The second-order valence-corrected chi connectivity index (χ2v) is 7.96. The number of halogens is 1. The number of aliphatic hydroxyl groups is 1. The molecule has 1 heterocycles. The zero-order valence-corrected chi connectivity index (χ0v) is 16.7. The van der Waals surface area contributed by atoms with E-state index in [0.29, 0.717) is 37.4 Å². The molecule has 29 heavy (non-hydrogen) atoms. The van der Waals surface area contributed by atoms with Gasteiger partial charge in [-0.05, 0) is 60.6 Å². The van der Waals surface area contributed by atoms with Crippen molar-refractivity contribution in [3.8, 4) is 11.5 Å². The van der Waals surface area contributed by atoms with Gasteiger partial charge in [0.1, 0.15) is 17.3 Å². The highest BCUT2D eigenvalue weighted by Crippen LogP contribution is 2.49. The molecular formula is C23H26FNO4. The van der Waals surface area contributed by atoms with Crippen LogP contribution in [0.15, 0.2) is 42.5 Å². The molecule has 6 heteroatoms. The summed E-state index contributed by atoms with van der Waals surface area (Å²) in [6.45, 7) is 1.00. The minimum atomic E-state index is -1.02. The molecule has 2 aromatic carbocycles. The van der Waals surface area contributed by atoms with Crippen molar-refractivity contribution in [2.45, 2.75) is 30.8 Å². The lowest BCUT2D eigenvalue weighted by Crippen LogP contribution is -2.45. The maximum Gasteiger partial charge on any atom is 0.226 e. The molecule has 4 rings (SSSR count). The standard InChI is InChI=1S/C23H26FNO4/c1-28-18-11-16(12-19(13-18)29-2)23(27)7-9-25(10-8-23)22(26)21-14-20(21)15-3-5-17(24)6-4-15/h3-6,11-13,20-21,27H,7-10,14H2,1-2H3/t20-,21-/m1/s1. The summed E-state index contributed by atoms with van der Waals surface area (Å²) >= 11 is 0. The van der Waals surface area contributed by atoms with E-state index in [-0.39, 0.29) is 23.6 Å². The number of methoxy groups -OCH3 is 2. The molecule has 0 spiro atoms. The second kappa shape index (κ2) is 7.67. The van der Waals surface area contributed by atoms with E-state index in [0.717, 1.165) is 17.5 Å². The van der Waals surface area contributed by atoms with Crippen LogP contribution >= 0.6 is 0 Å². The third kappa shape index (κ3) is 3.94. The number of rotatable bonds is 5. The molecule has 2 fully saturated rings. The van der Waals surface area contributed by atoms with Crippen LogP contribution in [0.4, 0.5) is 4.39 Å². The SMILES string of the molecule is COc1cc(OC)cc(C2(O)CCN(C(=O)[C@@H]3C[C@@H]3c3ccc(F)cc3)CC2)c1. The zero-order valence-electron chi connectivity index (χ0n) is 16.7. The van der Waals surface area contributed by atoms with Crippen molar-refractivity contribution < 1.29 is 23.8 Å². The van der Waals surface area contributed by atoms with Crippen molar-refractivity contribution in [2.75, 3.05) is 27.3 Å². The number of carbonyl (C=O) groups is 1. The van der Waals surface area contributed by atoms with E-state index in [1.807, 2.05) is 17.0 Å². The van der Waals surface area contributed by atoms with E-state index in [1.54, 1.807) is 32.4 Å². The quantitative estimate of drug-likeness (QED) is 0.837. The molecular weight excluding hydrogens is 373 g/mol. The normalized spacial score (nSPS) is 22.8. The molecule has 0 unspecified atom stereocenters. The molecule has 2 aliphatic rings. The van der Waals surface area contributed by atoms with Gasteiger partial charge in [-0.25, -0.2) is 4.39 Å². The van der Waals surface area contributed by atoms with E-state index in [4.69, 9.17) is 9.47 Å². The molecule has 2 aromatic rings. The van der Waals surface area contributed by atoms with Gasteiger partial charge in [-0.2, -0.15) is 0 Å². The summed E-state index contributed by atoms with van der Waals surface area (Å²) in [4.78, 5) is 14.7. The van der Waals surface area contributed by atoms with Gasteiger partial charge in [0.2, 0.25) is 5.91 Å². The summed E-state index contributed by atoms with van der Waals surface area (Å²) in [7, 11) is 3.16. The van der Waals surface area contributed by atoms with Gasteiger partial charge in [0.05, 0.1) is 19.8 Å². The van der Waals surface area contributed by atoms with Gasteiger partial charge >= 0.3 is 0 Å². The summed E-state index contributed by atoms with van der Waals surface area (Å²) in [5, 5.41) is 11.2. The Morgan fingerprint density at radius 1 is 1.07 bits per heavy atom. The topological polar surface area (TPSA) is 59.0 Å². The van der Waals surface area contributed by atoms with Gasteiger partial charge < -0.3 is 19.5 Å². The van der Waals surface area contributed by atoms with Crippen molar-refractivity contribution >= 4 is 5.91 Å². The fraction of sp³-hybridized carbons (Fsp3) is 0.435. The number of piperidine rings is 1. The molecule has 1 aliphatic carbocycles. The Balaban J connectivity index is 1.40. The van der Waals surface area contributed by atoms with Crippen LogP contribution in [0.1, 0.15) is 36.3 Å². The first kappa shape index (κ1) is 19.7. The number of likely N-dealkylation sites (tertiary alicyclic amines) is 1. The first-order valence-corrected chi connectivity index (χ1v) is 9.94. The number of ether oxygens (including phenoxy) is 2. The average molecular weight is 399 g/mol. The molecule has 0 aromatic heterocycles. The maximum absolute atomic E-state index is 13.1. The second-order valence-electron chi connectivity index (χ2n) is 7.96. The van der Waals surface area contributed by atoms with Crippen LogP contribution in [-0.2, 0) is 10.4 Å². The van der Waals surface area contributed by atoms with Crippen LogP contribution in [0.3, 0.4) is 0 Å². The number of hydrogen-bond acceptors (Lipinski definition) is 4. The number of nitrogens with zero attached hydrogens (tertiary/aromatic N) is 1. The van der Waals surface area contributed by atoms with Gasteiger partial charge in [-0.15, -0.1) is 0 Å². The molecule has 1 aliphatic heterocycles. The maximum atomic E-state index is 13.1. The Bertz CT molecular complexity index is 868. The average Bonchev–Trinajstić information content (AvgIpc) is 3.55. The van der Waals surface area contributed by atoms with Crippen LogP contribution in [0.5, 0.6) is 11.5 Å². The summed E-state index contributed by atoms with van der Waals surface area (Å²) in [6.07, 6.45) is 1.73. The Kier molecular flexibility index (Phi) is 5.21. The lowest BCUT2D eigenvalue weighted by molar-refractivity contribution is -0.137. The summed E-state index contributed by atoms with van der Waals surface area (Å²) in [5.41, 5.74) is 0.747. The first-order valence-electron chi connectivity index (χ1n) is 9.94. The molecule has 2 atom stereocenters. The monoisotopic (exact) mass is 399 g/mol. The van der Waals surface area contributed by atoms with Crippen molar-refractivity contribution in [2.24, 2.45) is 5.92 Å². The number of hydrogen-bond donors (Lipinski definition) is 1. The van der Waals surface area contributed by atoms with Gasteiger partial charge in [0, 0.05) is 25.1 Å². The largest absolute Gasteiger partial charge is 0.497 e. The number of carbonyl (C=O) groups excluding carboxylic acids is 1. The smallest absolute Gasteiger partial charge is 0.226 e. The third-order valence-electron chi connectivity index (χ3n) is 6.20. The Morgan fingerprint density at radius 2 is 1.66 bits per heavy atom. The van der Waals surface area contributed by atoms with E-state index in [1.165, 1.54) is 12.1 Å². The van der Waals surface area contributed by atoms with Crippen LogP contribution in [-0.4, -0.2) is 43.2 Å². The van der Waals surface area contributed by atoms with Crippen molar-refractivity contribution in [3.05, 3.63) is 59.4 Å². The molecule has 1 amide bonds. The van der Waals surface area contributed by atoms with Crippen LogP contribution in [0.2, 0.25) is 0 Å². The molecule has 1 saturated heterocycles. The van der Waals surface area contributed by atoms with Crippen molar-refractivity contribution in [1.82, 2.24) is 4.90 Å². The van der Waals surface area contributed by atoms with Gasteiger partial charge in [-0.1, -0.05) is 12.1 Å². The Morgan fingerprint density at radius 3 is 2.21 bits per heavy atom. The lowest BCUT2D eigenvalue weighted by atomic mass is 9.84. The van der Waals surface area contributed by atoms with Crippen LogP contribution in [0, 0.1) is 11.7 Å². The van der Waals surface area contributed by atoms with Crippen LogP contribution in [0.25, 0.3) is 0 Å². The highest BCUT2D eigenvalue weighted by molar-refractivity contribution is 5.83. The third-order valence-corrected chi connectivity index (χ3v) is 6.20. The van der Waals surface area contributed by atoms with Gasteiger partial charge in [0.25, 0.3) is 0 Å². The minimum Gasteiger partial charge on any atom is -0.497 e. The van der Waals surface area contributed by atoms with Crippen molar-refractivity contribution in [1.29, 1.82) is 0 Å². The molecule has 1 N–H and O–H groups in total. The first-order chi connectivity index (χ1) is 13.9. The van der Waals surface area contributed by atoms with E-state index >= 15 is 0 Å². The summed E-state index contributed by atoms with van der Waals surface area (Å²) < 4.78 is 23.7. The molecule has 5 nitrogen and oxygen atoms in total.